The average Bonchev–Trinajstić information content (AvgIpc) is 2.60. The molecule has 0 saturated carbocycles. The maximum atomic E-state index is 13.1. The molecule has 0 aliphatic carbocycles. The fourth-order valence-electron chi connectivity index (χ4n) is 3.49. The lowest BCUT2D eigenvalue weighted by Crippen LogP contribution is -2.42. The molecule has 0 fully saturated rings. The van der Waals surface area contributed by atoms with E-state index in [0.29, 0.717) is 0 Å². The molecule has 0 bridgehead atoms. The Morgan fingerprint density at radius 3 is 2.71 bits per heavy atom. The minimum atomic E-state index is 0.0727. The minimum absolute atomic E-state index is 0.0727. The van der Waals surface area contributed by atoms with E-state index in [0.717, 1.165) is 40.7 Å². The van der Waals surface area contributed by atoms with Crippen LogP contribution < -0.4 is 4.90 Å². The molecule has 3 heteroatoms. The number of carbonyl (C=O) groups excluding carboxylic acids is 1. The molecule has 3 nitrogen and oxygen atoms in total. The molecule has 1 aromatic heterocycles. The number of fused-ring (bicyclic) bond motifs is 2. The van der Waals surface area contributed by atoms with Gasteiger partial charge in [-0.15, -0.1) is 0 Å². The molecule has 1 atom stereocenters. The van der Waals surface area contributed by atoms with Crippen LogP contribution in [-0.2, 0) is 6.42 Å². The number of hydrogen-bond acceptors (Lipinski definition) is 2. The zero-order valence-electron chi connectivity index (χ0n) is 14.0. The SMILES string of the molecule is Cc1ccc2cc3c(cc2n1)CCC(C)N3C(=O)c1ccccc1. The number of amides is 1. The molecule has 2 aromatic carbocycles. The van der Waals surface area contributed by atoms with Crippen molar-refractivity contribution in [1.82, 2.24) is 4.98 Å². The summed E-state index contributed by atoms with van der Waals surface area (Å²) in [6, 6.07) is 18.1. The van der Waals surface area contributed by atoms with Crippen LogP contribution >= 0.6 is 0 Å². The van der Waals surface area contributed by atoms with Crippen molar-refractivity contribution in [3.8, 4) is 0 Å². The largest absolute Gasteiger partial charge is 0.305 e. The minimum Gasteiger partial charge on any atom is -0.305 e. The molecule has 3 aromatic rings. The van der Waals surface area contributed by atoms with Crippen LogP contribution in [0.5, 0.6) is 0 Å². The van der Waals surface area contributed by atoms with Gasteiger partial charge in [-0.05, 0) is 62.6 Å². The highest BCUT2D eigenvalue weighted by Crippen LogP contribution is 2.35. The molecule has 120 valence electrons. The van der Waals surface area contributed by atoms with Gasteiger partial charge < -0.3 is 4.90 Å². The Balaban J connectivity index is 1.85. The third-order valence-corrected chi connectivity index (χ3v) is 4.80. The summed E-state index contributed by atoms with van der Waals surface area (Å²) in [5, 5.41) is 1.08. The van der Waals surface area contributed by atoms with Crippen LogP contribution in [0.1, 0.15) is 35.0 Å². The maximum Gasteiger partial charge on any atom is 0.258 e. The number of aromatic nitrogens is 1. The zero-order valence-corrected chi connectivity index (χ0v) is 14.0. The van der Waals surface area contributed by atoms with E-state index in [4.69, 9.17) is 0 Å². The molecule has 24 heavy (non-hydrogen) atoms. The lowest BCUT2D eigenvalue weighted by Gasteiger charge is -2.35. The topological polar surface area (TPSA) is 33.2 Å². The van der Waals surface area contributed by atoms with E-state index in [1.165, 1.54) is 5.56 Å². The van der Waals surface area contributed by atoms with Gasteiger partial charge in [-0.1, -0.05) is 24.3 Å². The monoisotopic (exact) mass is 316 g/mol. The van der Waals surface area contributed by atoms with Crippen LogP contribution in [0, 0.1) is 6.92 Å². The Kier molecular flexibility index (Phi) is 3.57. The van der Waals surface area contributed by atoms with E-state index in [2.05, 4.69) is 30.1 Å². The van der Waals surface area contributed by atoms with E-state index in [1.54, 1.807) is 0 Å². The molecule has 0 saturated heterocycles. The van der Waals surface area contributed by atoms with Crippen molar-refractivity contribution < 1.29 is 4.79 Å². The Hall–Kier alpha value is -2.68. The second-order valence-corrected chi connectivity index (χ2v) is 6.56. The van der Waals surface area contributed by atoms with E-state index in [-0.39, 0.29) is 11.9 Å². The Morgan fingerprint density at radius 2 is 1.92 bits per heavy atom. The first-order chi connectivity index (χ1) is 11.6. The van der Waals surface area contributed by atoms with Gasteiger partial charge in [0.2, 0.25) is 0 Å². The lowest BCUT2D eigenvalue weighted by molar-refractivity contribution is 0.0975. The normalized spacial score (nSPS) is 16.9. The molecule has 4 rings (SSSR count). The van der Waals surface area contributed by atoms with E-state index >= 15 is 0 Å². The number of benzene rings is 2. The van der Waals surface area contributed by atoms with Gasteiger partial charge in [0, 0.05) is 28.4 Å². The summed E-state index contributed by atoms with van der Waals surface area (Å²) >= 11 is 0. The van der Waals surface area contributed by atoms with E-state index < -0.39 is 0 Å². The number of pyridine rings is 1. The average molecular weight is 316 g/mol. The number of aryl methyl sites for hydroxylation is 2. The van der Waals surface area contributed by atoms with Crippen molar-refractivity contribution in [2.75, 3.05) is 4.90 Å². The van der Waals surface area contributed by atoms with Gasteiger partial charge in [-0.2, -0.15) is 0 Å². The number of hydrogen-bond donors (Lipinski definition) is 0. The first-order valence-corrected chi connectivity index (χ1v) is 8.42. The van der Waals surface area contributed by atoms with Crippen molar-refractivity contribution in [2.45, 2.75) is 32.7 Å². The quantitative estimate of drug-likeness (QED) is 0.661. The summed E-state index contributed by atoms with van der Waals surface area (Å²) in [7, 11) is 0. The van der Waals surface area contributed by atoms with Crippen molar-refractivity contribution in [3.63, 3.8) is 0 Å². The highest BCUT2D eigenvalue weighted by molar-refractivity contribution is 6.08. The molecule has 0 spiro atoms. The molecule has 2 heterocycles. The smallest absolute Gasteiger partial charge is 0.258 e. The van der Waals surface area contributed by atoms with Gasteiger partial charge in [-0.25, -0.2) is 0 Å². The summed E-state index contributed by atoms with van der Waals surface area (Å²) in [4.78, 5) is 19.7. The molecule has 0 radical (unpaired) electrons. The van der Waals surface area contributed by atoms with Gasteiger partial charge in [-0.3, -0.25) is 9.78 Å². The fraction of sp³-hybridized carbons (Fsp3) is 0.238. The predicted molar refractivity (Wildman–Crippen MR) is 97.5 cm³/mol. The van der Waals surface area contributed by atoms with Gasteiger partial charge in [0.1, 0.15) is 0 Å². The number of rotatable bonds is 1. The highest BCUT2D eigenvalue weighted by Gasteiger charge is 2.29. The van der Waals surface area contributed by atoms with Crippen LogP contribution in [0.2, 0.25) is 0 Å². The molecule has 0 N–H and O–H groups in total. The van der Waals surface area contributed by atoms with Gasteiger partial charge in [0.15, 0.2) is 0 Å². The van der Waals surface area contributed by atoms with E-state index in [9.17, 15) is 4.79 Å². The molecule has 1 aliphatic heterocycles. The first kappa shape index (κ1) is 14.9. The summed E-state index contributed by atoms with van der Waals surface area (Å²) in [6.07, 6.45) is 1.96. The Labute approximate surface area is 141 Å². The first-order valence-electron chi connectivity index (χ1n) is 8.42. The second-order valence-electron chi connectivity index (χ2n) is 6.56. The molecule has 1 amide bonds. The van der Waals surface area contributed by atoms with Gasteiger partial charge >= 0.3 is 0 Å². The number of nitrogens with zero attached hydrogens (tertiary/aromatic N) is 2. The van der Waals surface area contributed by atoms with Gasteiger partial charge in [0.05, 0.1) is 5.52 Å². The number of carbonyl (C=O) groups is 1. The van der Waals surface area contributed by atoms with Gasteiger partial charge in [0.25, 0.3) is 5.91 Å². The van der Waals surface area contributed by atoms with Crippen LogP contribution in [-0.4, -0.2) is 16.9 Å². The van der Waals surface area contributed by atoms with Crippen LogP contribution in [0.3, 0.4) is 0 Å². The third-order valence-electron chi connectivity index (χ3n) is 4.80. The summed E-state index contributed by atoms with van der Waals surface area (Å²) < 4.78 is 0. The molecular formula is C21H20N2O. The molecule has 1 aliphatic rings. The van der Waals surface area contributed by atoms with Crippen LogP contribution in [0.15, 0.2) is 54.6 Å². The van der Waals surface area contributed by atoms with Crippen molar-refractivity contribution in [2.24, 2.45) is 0 Å². The standard InChI is InChI=1S/C21H20N2O/c1-14-8-10-17-13-20-18(12-19(17)22-14)11-9-15(2)23(20)21(24)16-6-4-3-5-7-16/h3-8,10,12-13,15H,9,11H2,1-2H3. The molecular weight excluding hydrogens is 296 g/mol. The highest BCUT2D eigenvalue weighted by atomic mass is 16.2. The maximum absolute atomic E-state index is 13.1. The van der Waals surface area contributed by atoms with Crippen molar-refractivity contribution in [1.29, 1.82) is 0 Å². The summed E-state index contributed by atoms with van der Waals surface area (Å²) in [6.45, 7) is 4.13. The third kappa shape index (κ3) is 2.46. The predicted octanol–water partition coefficient (Wildman–Crippen LogP) is 4.52. The summed E-state index contributed by atoms with van der Waals surface area (Å²) in [5.74, 6) is 0.0727. The van der Waals surface area contributed by atoms with Crippen molar-refractivity contribution in [3.05, 3.63) is 71.4 Å². The molecule has 1 unspecified atom stereocenters. The van der Waals surface area contributed by atoms with E-state index in [1.807, 2.05) is 48.2 Å². The zero-order chi connectivity index (χ0) is 16.7. The summed E-state index contributed by atoms with van der Waals surface area (Å²) in [5.41, 5.74) is 5.00. The second kappa shape index (κ2) is 5.75. The number of anilines is 1. The Bertz CT molecular complexity index is 918. The Morgan fingerprint density at radius 1 is 1.12 bits per heavy atom. The van der Waals surface area contributed by atoms with Crippen LogP contribution in [0.25, 0.3) is 10.9 Å². The fourth-order valence-corrected chi connectivity index (χ4v) is 3.49. The van der Waals surface area contributed by atoms with Crippen LogP contribution in [0.4, 0.5) is 5.69 Å². The lowest BCUT2D eigenvalue weighted by atomic mass is 9.94. The van der Waals surface area contributed by atoms with Crippen molar-refractivity contribution >= 4 is 22.5 Å².